The zero-order chi connectivity index (χ0) is 19.0. The molecule has 0 saturated carbocycles. The molecule has 1 aliphatic rings. The molecule has 2 heterocycles. The molecule has 1 fully saturated rings. The Morgan fingerprint density at radius 2 is 2.22 bits per heavy atom. The number of carbonyl (C=O) groups excluding carboxylic acids is 1. The minimum Gasteiger partial charge on any atom is -0.376 e. The number of rotatable bonds is 4. The van der Waals surface area contributed by atoms with Gasteiger partial charge in [0.15, 0.2) is 5.13 Å². The monoisotopic (exact) mass is 381 g/mol. The minimum absolute atomic E-state index is 0.0785. The van der Waals surface area contributed by atoms with Gasteiger partial charge in [0.25, 0.3) is 5.91 Å². The molecule has 140 valence electrons. The summed E-state index contributed by atoms with van der Waals surface area (Å²) in [6.07, 6.45) is 2.20. The van der Waals surface area contributed by atoms with Gasteiger partial charge in [0.2, 0.25) is 0 Å². The number of anilines is 1. The van der Waals surface area contributed by atoms with Gasteiger partial charge in [-0.3, -0.25) is 4.79 Å². The van der Waals surface area contributed by atoms with Crippen molar-refractivity contribution in [2.45, 2.75) is 32.8 Å². The Morgan fingerprint density at radius 1 is 1.37 bits per heavy atom. The van der Waals surface area contributed by atoms with Crippen molar-refractivity contribution in [3.05, 3.63) is 47.0 Å². The fraction of sp³-hybridized carbons (Fsp3) is 0.333. The number of thiazole rings is 1. The molecular formula is C21H23N3O2S. The van der Waals surface area contributed by atoms with Gasteiger partial charge in [0, 0.05) is 24.3 Å². The van der Waals surface area contributed by atoms with E-state index >= 15 is 0 Å². The summed E-state index contributed by atoms with van der Waals surface area (Å²) < 4.78 is 6.68. The SMILES string of the molecule is Cc1cc(-c2cccc(C(=O)NC[C@@H]3CCCO3)c2)c2nc(N)sc2c1C. The van der Waals surface area contributed by atoms with Crippen molar-refractivity contribution in [1.29, 1.82) is 0 Å². The largest absolute Gasteiger partial charge is 0.376 e. The number of fused-ring (bicyclic) bond motifs is 1. The predicted molar refractivity (Wildman–Crippen MR) is 110 cm³/mol. The lowest BCUT2D eigenvalue weighted by atomic mass is 9.97. The maximum Gasteiger partial charge on any atom is 0.251 e. The number of aromatic nitrogens is 1. The topological polar surface area (TPSA) is 77.2 Å². The number of nitrogen functional groups attached to an aromatic ring is 1. The van der Waals surface area contributed by atoms with Crippen molar-refractivity contribution in [2.24, 2.45) is 0 Å². The van der Waals surface area contributed by atoms with E-state index in [-0.39, 0.29) is 12.0 Å². The van der Waals surface area contributed by atoms with Crippen molar-refractivity contribution < 1.29 is 9.53 Å². The number of nitrogens with one attached hydrogen (secondary N) is 1. The molecule has 5 nitrogen and oxygen atoms in total. The standard InChI is InChI=1S/C21H23N3O2S/c1-12-9-17(18-19(13(12)2)27-21(22)24-18)14-5-3-6-15(10-14)20(25)23-11-16-7-4-8-26-16/h3,5-6,9-10,16H,4,7-8,11H2,1-2H3,(H2,22,24)(H,23,25)/t16-/m0/s1. The van der Waals surface area contributed by atoms with Gasteiger partial charge in [-0.1, -0.05) is 23.5 Å². The van der Waals surface area contributed by atoms with Gasteiger partial charge >= 0.3 is 0 Å². The van der Waals surface area contributed by atoms with Gasteiger partial charge in [0.05, 0.1) is 16.3 Å². The number of hydrogen-bond acceptors (Lipinski definition) is 5. The molecule has 0 bridgehead atoms. The molecule has 0 aliphatic carbocycles. The van der Waals surface area contributed by atoms with E-state index in [9.17, 15) is 4.79 Å². The summed E-state index contributed by atoms with van der Waals surface area (Å²) in [6, 6.07) is 9.80. The van der Waals surface area contributed by atoms with Crippen molar-refractivity contribution >= 4 is 32.6 Å². The third-order valence-electron chi connectivity index (χ3n) is 5.14. The second-order valence-corrected chi connectivity index (χ2v) is 8.05. The highest BCUT2D eigenvalue weighted by molar-refractivity contribution is 7.22. The predicted octanol–water partition coefficient (Wildman–Crippen LogP) is 4.07. The summed E-state index contributed by atoms with van der Waals surface area (Å²) in [5, 5.41) is 3.54. The normalized spacial score (nSPS) is 16.7. The van der Waals surface area contributed by atoms with Crippen molar-refractivity contribution in [1.82, 2.24) is 10.3 Å². The summed E-state index contributed by atoms with van der Waals surface area (Å²) in [5.41, 5.74) is 11.9. The fourth-order valence-electron chi connectivity index (χ4n) is 3.51. The van der Waals surface area contributed by atoms with Crippen LogP contribution >= 0.6 is 11.3 Å². The van der Waals surface area contributed by atoms with Crippen LogP contribution in [-0.2, 0) is 4.74 Å². The van der Waals surface area contributed by atoms with E-state index in [0.717, 1.165) is 40.8 Å². The Hall–Kier alpha value is -2.44. The third kappa shape index (κ3) is 3.55. The van der Waals surface area contributed by atoms with Gasteiger partial charge in [-0.05, 0) is 61.6 Å². The Kier molecular flexibility index (Phi) is 4.85. The number of benzene rings is 2. The second-order valence-electron chi connectivity index (χ2n) is 7.02. The number of hydrogen-bond donors (Lipinski definition) is 2. The number of ether oxygens (including phenoxy) is 1. The zero-order valence-electron chi connectivity index (χ0n) is 15.5. The highest BCUT2D eigenvalue weighted by Crippen LogP contribution is 2.36. The Bertz CT molecular complexity index is 1010. The van der Waals surface area contributed by atoms with E-state index in [1.54, 1.807) is 0 Å². The van der Waals surface area contributed by atoms with Crippen molar-refractivity contribution in [3.63, 3.8) is 0 Å². The number of nitrogens with zero attached hydrogens (tertiary/aromatic N) is 1. The molecule has 3 N–H and O–H groups in total. The average molecular weight is 382 g/mol. The van der Waals surface area contributed by atoms with E-state index in [1.807, 2.05) is 24.3 Å². The molecule has 6 heteroatoms. The summed E-state index contributed by atoms with van der Waals surface area (Å²) in [4.78, 5) is 17.1. The van der Waals surface area contributed by atoms with Crippen LogP contribution in [0.15, 0.2) is 30.3 Å². The molecule has 0 radical (unpaired) electrons. The minimum atomic E-state index is -0.0785. The van der Waals surface area contributed by atoms with Gasteiger partial charge in [-0.2, -0.15) is 0 Å². The maximum absolute atomic E-state index is 12.6. The summed E-state index contributed by atoms with van der Waals surface area (Å²) in [7, 11) is 0. The number of carbonyl (C=O) groups is 1. The first-order valence-corrected chi connectivity index (χ1v) is 10.0. The van der Waals surface area contributed by atoms with E-state index in [2.05, 4.69) is 30.2 Å². The number of nitrogens with two attached hydrogens (primary N) is 1. The lowest BCUT2D eigenvalue weighted by Crippen LogP contribution is -2.31. The fourth-order valence-corrected chi connectivity index (χ4v) is 4.42. The molecule has 0 spiro atoms. The average Bonchev–Trinajstić information content (AvgIpc) is 3.32. The molecule has 1 aromatic heterocycles. The molecule has 1 amide bonds. The van der Waals surface area contributed by atoms with Crippen molar-refractivity contribution in [3.8, 4) is 11.1 Å². The highest BCUT2D eigenvalue weighted by Gasteiger charge is 2.18. The van der Waals surface area contributed by atoms with E-state index < -0.39 is 0 Å². The van der Waals surface area contributed by atoms with Gasteiger partial charge in [-0.25, -0.2) is 4.98 Å². The number of amides is 1. The van der Waals surface area contributed by atoms with Crippen LogP contribution in [0.2, 0.25) is 0 Å². The molecule has 27 heavy (non-hydrogen) atoms. The molecule has 2 aromatic carbocycles. The molecule has 1 atom stereocenters. The third-order valence-corrected chi connectivity index (χ3v) is 6.15. The van der Waals surface area contributed by atoms with Crippen LogP contribution in [0, 0.1) is 13.8 Å². The van der Waals surface area contributed by atoms with Crippen LogP contribution in [0.25, 0.3) is 21.3 Å². The van der Waals surface area contributed by atoms with E-state index in [4.69, 9.17) is 10.5 Å². The molecule has 1 saturated heterocycles. The molecular weight excluding hydrogens is 358 g/mol. The first-order chi connectivity index (χ1) is 13.0. The quantitative estimate of drug-likeness (QED) is 0.714. The van der Waals surface area contributed by atoms with Crippen LogP contribution in [0.5, 0.6) is 0 Å². The Labute approximate surface area is 162 Å². The number of aryl methyl sites for hydroxylation is 2. The zero-order valence-corrected chi connectivity index (χ0v) is 16.4. The lowest BCUT2D eigenvalue weighted by Gasteiger charge is -2.12. The van der Waals surface area contributed by atoms with Crippen LogP contribution in [0.1, 0.15) is 34.3 Å². The summed E-state index contributed by atoms with van der Waals surface area (Å²) >= 11 is 1.51. The van der Waals surface area contributed by atoms with Crippen molar-refractivity contribution in [2.75, 3.05) is 18.9 Å². The van der Waals surface area contributed by atoms with Crippen LogP contribution in [0.4, 0.5) is 5.13 Å². The van der Waals surface area contributed by atoms with Gasteiger partial charge in [-0.15, -0.1) is 0 Å². The van der Waals surface area contributed by atoms with E-state index in [1.165, 1.54) is 22.5 Å². The first kappa shape index (κ1) is 17.9. The Balaban J connectivity index is 1.65. The molecule has 4 rings (SSSR count). The molecule has 3 aromatic rings. The van der Waals surface area contributed by atoms with Crippen LogP contribution in [0.3, 0.4) is 0 Å². The van der Waals surface area contributed by atoms with Gasteiger partial charge in [0.1, 0.15) is 0 Å². The summed E-state index contributed by atoms with van der Waals surface area (Å²) in [6.45, 7) is 5.52. The smallest absolute Gasteiger partial charge is 0.251 e. The van der Waals surface area contributed by atoms with Crippen LogP contribution in [-0.4, -0.2) is 30.1 Å². The molecule has 1 aliphatic heterocycles. The van der Waals surface area contributed by atoms with Crippen LogP contribution < -0.4 is 11.1 Å². The molecule has 0 unspecified atom stereocenters. The highest BCUT2D eigenvalue weighted by atomic mass is 32.1. The van der Waals surface area contributed by atoms with E-state index in [0.29, 0.717) is 17.2 Å². The first-order valence-electron chi connectivity index (χ1n) is 9.19. The maximum atomic E-state index is 12.6. The Morgan fingerprint density at radius 3 is 3.00 bits per heavy atom. The second kappa shape index (κ2) is 7.29. The lowest BCUT2D eigenvalue weighted by molar-refractivity contribution is 0.0858. The summed E-state index contributed by atoms with van der Waals surface area (Å²) in [5.74, 6) is -0.0785. The van der Waals surface area contributed by atoms with Gasteiger partial charge < -0.3 is 15.8 Å².